The van der Waals surface area contributed by atoms with Crippen molar-refractivity contribution in [3.05, 3.63) is 64.2 Å². The largest absolute Gasteiger partial charge is 0.494 e. The van der Waals surface area contributed by atoms with Gasteiger partial charge in [0.25, 0.3) is 0 Å². The van der Waals surface area contributed by atoms with E-state index in [2.05, 4.69) is 0 Å². The van der Waals surface area contributed by atoms with Gasteiger partial charge in [0.1, 0.15) is 36.3 Å². The number of ether oxygens (including phenoxy) is 1. The van der Waals surface area contributed by atoms with Gasteiger partial charge in [-0.15, -0.1) is 0 Å². The average molecular weight is 427 g/mol. The van der Waals surface area contributed by atoms with Gasteiger partial charge in [0.05, 0.1) is 13.2 Å². The monoisotopic (exact) mass is 426 g/mol. The van der Waals surface area contributed by atoms with E-state index in [4.69, 9.17) is 21.4 Å². The van der Waals surface area contributed by atoms with E-state index >= 15 is 0 Å². The first-order valence-electron chi connectivity index (χ1n) is 9.29. The van der Waals surface area contributed by atoms with Crippen molar-refractivity contribution in [3.63, 3.8) is 0 Å². The smallest absolute Gasteiger partial charge is 0.119 e. The van der Waals surface area contributed by atoms with Crippen LogP contribution in [-0.2, 0) is 6.42 Å². The van der Waals surface area contributed by atoms with E-state index in [9.17, 15) is 25.5 Å². The Labute approximate surface area is 174 Å². The third kappa shape index (κ3) is 6.13. The van der Waals surface area contributed by atoms with Crippen LogP contribution in [-0.4, -0.2) is 68.3 Å². The Balaban J connectivity index is 2.16. The average Bonchev–Trinajstić information content (AvgIpc) is 2.74. The van der Waals surface area contributed by atoms with Crippen LogP contribution in [0.5, 0.6) is 5.75 Å². The summed E-state index contributed by atoms with van der Waals surface area (Å²) in [6.45, 7) is 1.68. The van der Waals surface area contributed by atoms with Gasteiger partial charge in [0.15, 0.2) is 0 Å². The van der Waals surface area contributed by atoms with Crippen LogP contribution in [0.15, 0.2) is 42.5 Å². The lowest BCUT2D eigenvalue weighted by Gasteiger charge is -2.28. The van der Waals surface area contributed by atoms with E-state index in [-0.39, 0.29) is 5.56 Å². The van der Waals surface area contributed by atoms with Crippen molar-refractivity contribution in [1.82, 2.24) is 0 Å². The fourth-order valence-electron chi connectivity index (χ4n) is 2.93. The minimum Gasteiger partial charge on any atom is -0.494 e. The van der Waals surface area contributed by atoms with Crippen LogP contribution in [0.4, 0.5) is 0 Å². The molecular weight excluding hydrogens is 400 g/mol. The van der Waals surface area contributed by atoms with Gasteiger partial charge in [-0.1, -0.05) is 35.9 Å². The highest BCUT2D eigenvalue weighted by Gasteiger charge is 2.34. The van der Waals surface area contributed by atoms with Gasteiger partial charge >= 0.3 is 0 Å². The van der Waals surface area contributed by atoms with E-state index in [0.717, 1.165) is 11.3 Å². The molecule has 2 rings (SSSR count). The number of hydrogen-bond donors (Lipinski definition) is 6. The number of benzene rings is 2. The van der Waals surface area contributed by atoms with Gasteiger partial charge in [-0.3, -0.25) is 0 Å². The Morgan fingerprint density at radius 2 is 1.55 bits per heavy atom. The molecule has 160 valence electrons. The van der Waals surface area contributed by atoms with Crippen molar-refractivity contribution in [2.75, 3.05) is 13.2 Å². The molecule has 29 heavy (non-hydrogen) atoms. The topological polar surface area (TPSA) is 131 Å². The highest BCUT2D eigenvalue weighted by molar-refractivity contribution is 6.31. The lowest BCUT2D eigenvalue weighted by Crippen LogP contribution is -2.47. The minimum atomic E-state index is -1.86. The summed E-state index contributed by atoms with van der Waals surface area (Å²) in [6.07, 6.45) is -8.19. The first-order valence-corrected chi connectivity index (χ1v) is 9.67. The van der Waals surface area contributed by atoms with E-state index in [1.807, 2.05) is 31.2 Å². The second-order valence-corrected chi connectivity index (χ2v) is 7.18. The van der Waals surface area contributed by atoms with Gasteiger partial charge < -0.3 is 35.4 Å². The molecule has 0 saturated heterocycles. The van der Waals surface area contributed by atoms with Gasteiger partial charge in [-0.05, 0) is 48.2 Å². The van der Waals surface area contributed by atoms with Gasteiger partial charge in [0.2, 0.25) is 0 Å². The van der Waals surface area contributed by atoms with E-state index in [1.54, 1.807) is 12.1 Å². The normalized spacial score (nSPS) is 16.7. The summed E-state index contributed by atoms with van der Waals surface area (Å²) >= 11 is 6.27. The van der Waals surface area contributed by atoms with Gasteiger partial charge in [0, 0.05) is 5.02 Å². The van der Waals surface area contributed by atoms with Crippen molar-refractivity contribution in [3.8, 4) is 5.75 Å². The standard InChI is InChI=1S/C21H27ClO7/c1-2-29-15-6-3-12(4-7-15)9-14-10-13(5-8-16(14)22)18(25)20(27)21(28)19(26)17(24)11-23/h3-8,10,17-21,23-28H,2,9,11H2,1H3/t17-,18?,19-,20-,21-/m0/s1. The molecule has 8 heteroatoms. The Morgan fingerprint density at radius 1 is 0.897 bits per heavy atom. The maximum atomic E-state index is 10.4. The van der Waals surface area contributed by atoms with E-state index < -0.39 is 37.1 Å². The summed E-state index contributed by atoms with van der Waals surface area (Å²) in [7, 11) is 0. The summed E-state index contributed by atoms with van der Waals surface area (Å²) in [5, 5.41) is 59.1. The van der Waals surface area contributed by atoms with E-state index in [1.165, 1.54) is 6.07 Å². The van der Waals surface area contributed by atoms with Crippen LogP contribution in [0.3, 0.4) is 0 Å². The molecule has 0 aliphatic carbocycles. The number of hydrogen-bond acceptors (Lipinski definition) is 7. The Kier molecular flexibility index (Phi) is 8.85. The van der Waals surface area contributed by atoms with Gasteiger partial charge in [-0.25, -0.2) is 0 Å². The third-order valence-corrected chi connectivity index (χ3v) is 5.01. The van der Waals surface area contributed by atoms with Crippen LogP contribution < -0.4 is 4.74 Å². The molecular formula is C21H27ClO7. The zero-order valence-corrected chi connectivity index (χ0v) is 16.8. The second-order valence-electron chi connectivity index (χ2n) is 6.77. The van der Waals surface area contributed by atoms with Crippen molar-refractivity contribution in [2.24, 2.45) is 0 Å². The van der Waals surface area contributed by atoms with Crippen molar-refractivity contribution >= 4 is 11.6 Å². The Hall–Kier alpha value is -1.71. The molecule has 0 saturated carbocycles. The Bertz CT molecular complexity index is 768. The fourth-order valence-corrected chi connectivity index (χ4v) is 3.11. The number of rotatable bonds is 10. The third-order valence-electron chi connectivity index (χ3n) is 4.64. The SMILES string of the molecule is CCOc1ccc(Cc2cc(C(O)[C@H](O)[C@@H](O)[C@@H](O)[C@@H](O)CO)ccc2Cl)cc1. The molecule has 6 N–H and O–H groups in total. The van der Waals surface area contributed by atoms with Crippen molar-refractivity contribution in [2.45, 2.75) is 43.9 Å². The lowest BCUT2D eigenvalue weighted by molar-refractivity contribution is -0.141. The quantitative estimate of drug-likeness (QED) is 0.331. The van der Waals surface area contributed by atoms with Crippen LogP contribution in [0.25, 0.3) is 0 Å². The van der Waals surface area contributed by atoms with Crippen LogP contribution >= 0.6 is 11.6 Å². The first-order chi connectivity index (χ1) is 13.8. The minimum absolute atomic E-state index is 0.285. The maximum absolute atomic E-state index is 10.4. The zero-order chi connectivity index (χ0) is 21.6. The molecule has 0 fully saturated rings. The molecule has 7 nitrogen and oxygen atoms in total. The first kappa shape index (κ1) is 23.6. The molecule has 0 spiro atoms. The predicted octanol–water partition coefficient (Wildman–Crippen LogP) is 0.799. The number of aliphatic hydroxyl groups excluding tert-OH is 6. The lowest BCUT2D eigenvalue weighted by atomic mass is 9.93. The molecule has 2 aromatic carbocycles. The summed E-state index contributed by atoms with van der Waals surface area (Å²) in [6, 6.07) is 12.2. The molecule has 0 amide bonds. The molecule has 0 aliphatic heterocycles. The molecule has 5 atom stereocenters. The van der Waals surface area contributed by atoms with Gasteiger partial charge in [-0.2, -0.15) is 0 Å². The summed E-state index contributed by atoms with van der Waals surface area (Å²) < 4.78 is 5.41. The molecule has 0 aromatic heterocycles. The zero-order valence-electron chi connectivity index (χ0n) is 16.0. The molecule has 1 unspecified atom stereocenters. The summed E-state index contributed by atoms with van der Waals surface area (Å²) in [5.74, 6) is 0.757. The number of halogens is 1. The second kappa shape index (κ2) is 10.9. The van der Waals surface area contributed by atoms with Crippen molar-refractivity contribution < 1.29 is 35.4 Å². The summed E-state index contributed by atoms with van der Waals surface area (Å²) in [5.41, 5.74) is 1.95. The summed E-state index contributed by atoms with van der Waals surface area (Å²) in [4.78, 5) is 0. The Morgan fingerprint density at radius 3 is 2.14 bits per heavy atom. The number of aliphatic hydroxyl groups is 6. The van der Waals surface area contributed by atoms with Crippen LogP contribution in [0.2, 0.25) is 5.02 Å². The molecule has 0 aliphatic rings. The highest BCUT2D eigenvalue weighted by atomic mass is 35.5. The van der Waals surface area contributed by atoms with Crippen LogP contribution in [0, 0.1) is 0 Å². The molecule has 0 radical (unpaired) electrons. The van der Waals surface area contributed by atoms with Crippen molar-refractivity contribution in [1.29, 1.82) is 0 Å². The fraction of sp³-hybridized carbons (Fsp3) is 0.429. The molecule has 2 aromatic rings. The predicted molar refractivity (Wildman–Crippen MR) is 108 cm³/mol. The highest BCUT2D eigenvalue weighted by Crippen LogP contribution is 2.27. The van der Waals surface area contributed by atoms with E-state index in [0.29, 0.717) is 23.6 Å². The van der Waals surface area contributed by atoms with Crippen LogP contribution in [0.1, 0.15) is 29.7 Å². The molecule has 0 heterocycles. The maximum Gasteiger partial charge on any atom is 0.119 e. The molecule has 0 bridgehead atoms.